The highest BCUT2D eigenvalue weighted by Crippen LogP contribution is 2.21. The Hall–Kier alpha value is -1.68. The van der Waals surface area contributed by atoms with Crippen molar-refractivity contribution < 1.29 is 9.52 Å². The van der Waals surface area contributed by atoms with Crippen LogP contribution in [-0.2, 0) is 0 Å². The summed E-state index contributed by atoms with van der Waals surface area (Å²) in [5.41, 5.74) is 0.703. The molecule has 0 fully saturated rings. The second-order valence-electron chi connectivity index (χ2n) is 3.37. The summed E-state index contributed by atoms with van der Waals surface area (Å²) in [5, 5.41) is 8.96. The van der Waals surface area contributed by atoms with Crippen molar-refractivity contribution in [2.24, 2.45) is 0 Å². The van der Waals surface area contributed by atoms with Gasteiger partial charge in [0.15, 0.2) is 0 Å². The summed E-state index contributed by atoms with van der Waals surface area (Å²) < 4.78 is 5.49. The number of nitrogens with zero attached hydrogens (tertiary/aromatic N) is 2. The molecule has 78 valence electrons. The normalized spacial score (nSPS) is 12.7. The molecule has 2 aromatic rings. The van der Waals surface area contributed by atoms with Crippen molar-refractivity contribution in [2.45, 2.75) is 12.8 Å². The van der Waals surface area contributed by atoms with E-state index in [-0.39, 0.29) is 12.5 Å². The van der Waals surface area contributed by atoms with Gasteiger partial charge in [0, 0.05) is 12.1 Å². The number of oxazole rings is 1. The molecule has 2 rings (SSSR count). The van der Waals surface area contributed by atoms with Crippen LogP contribution in [0.2, 0.25) is 0 Å². The Kier molecular flexibility index (Phi) is 2.78. The number of hydrogen-bond acceptors (Lipinski definition) is 4. The average Bonchev–Trinajstić information content (AvgIpc) is 2.78. The number of pyridine rings is 1. The van der Waals surface area contributed by atoms with E-state index in [0.717, 1.165) is 0 Å². The lowest BCUT2D eigenvalue weighted by Crippen LogP contribution is -1.96. The van der Waals surface area contributed by atoms with Crippen molar-refractivity contribution in [3.05, 3.63) is 36.4 Å². The zero-order valence-electron chi connectivity index (χ0n) is 8.42. The predicted molar refractivity (Wildman–Crippen MR) is 55.2 cm³/mol. The minimum atomic E-state index is -0.0324. The second kappa shape index (κ2) is 4.23. The summed E-state index contributed by atoms with van der Waals surface area (Å²) in [4.78, 5) is 8.24. The largest absolute Gasteiger partial charge is 0.440 e. The van der Waals surface area contributed by atoms with Gasteiger partial charge in [-0.05, 0) is 12.1 Å². The number of hydrogen-bond donors (Lipinski definition) is 1. The molecule has 2 aromatic heterocycles. The first-order valence-corrected chi connectivity index (χ1v) is 4.79. The average molecular weight is 204 g/mol. The first-order valence-electron chi connectivity index (χ1n) is 4.79. The molecule has 1 unspecified atom stereocenters. The maximum Gasteiger partial charge on any atom is 0.245 e. The number of aliphatic hydroxyl groups excluding tert-OH is 1. The van der Waals surface area contributed by atoms with Gasteiger partial charge in [-0.1, -0.05) is 13.0 Å². The molecule has 0 amide bonds. The third-order valence-corrected chi connectivity index (χ3v) is 2.17. The van der Waals surface area contributed by atoms with Crippen molar-refractivity contribution in [3.63, 3.8) is 0 Å². The van der Waals surface area contributed by atoms with Gasteiger partial charge in [0.05, 0.1) is 12.8 Å². The zero-order valence-corrected chi connectivity index (χ0v) is 8.42. The Balaban J connectivity index is 2.28. The van der Waals surface area contributed by atoms with Gasteiger partial charge in [-0.15, -0.1) is 0 Å². The standard InChI is InChI=1S/C11H12N2O2/c1-8(7-14)10-6-13-11(15-10)9-4-2-3-5-12-9/h2-6,8,14H,7H2,1H3. The topological polar surface area (TPSA) is 59.2 Å². The van der Waals surface area contributed by atoms with Crippen molar-refractivity contribution >= 4 is 0 Å². The molecule has 0 aliphatic heterocycles. The molecule has 1 atom stereocenters. The fraction of sp³-hybridized carbons (Fsp3) is 0.273. The molecule has 0 saturated carbocycles. The lowest BCUT2D eigenvalue weighted by molar-refractivity contribution is 0.258. The van der Waals surface area contributed by atoms with Gasteiger partial charge in [0.25, 0.3) is 0 Å². The number of aromatic nitrogens is 2. The van der Waals surface area contributed by atoms with E-state index in [2.05, 4.69) is 9.97 Å². The quantitative estimate of drug-likeness (QED) is 0.828. The van der Waals surface area contributed by atoms with Crippen molar-refractivity contribution in [2.75, 3.05) is 6.61 Å². The molecule has 15 heavy (non-hydrogen) atoms. The van der Waals surface area contributed by atoms with E-state index in [1.165, 1.54) is 0 Å². The minimum absolute atomic E-state index is 0.0324. The Bertz CT molecular complexity index is 425. The monoisotopic (exact) mass is 204 g/mol. The maximum absolute atomic E-state index is 8.96. The third-order valence-electron chi connectivity index (χ3n) is 2.17. The van der Waals surface area contributed by atoms with Crippen molar-refractivity contribution in [1.29, 1.82) is 0 Å². The Labute approximate surface area is 87.6 Å². The van der Waals surface area contributed by atoms with Gasteiger partial charge in [-0.2, -0.15) is 0 Å². The van der Waals surface area contributed by atoms with E-state index < -0.39 is 0 Å². The molecule has 1 N–H and O–H groups in total. The van der Waals surface area contributed by atoms with Crippen LogP contribution >= 0.6 is 0 Å². The van der Waals surface area contributed by atoms with Crippen LogP contribution < -0.4 is 0 Å². The van der Waals surface area contributed by atoms with Gasteiger partial charge in [0.1, 0.15) is 11.5 Å². The Morgan fingerprint density at radius 1 is 1.40 bits per heavy atom. The molecule has 0 aromatic carbocycles. The molecular formula is C11H12N2O2. The highest BCUT2D eigenvalue weighted by molar-refractivity contribution is 5.45. The van der Waals surface area contributed by atoms with Crippen LogP contribution in [0, 0.1) is 0 Å². The van der Waals surface area contributed by atoms with Crippen LogP contribution in [0.1, 0.15) is 18.6 Å². The SMILES string of the molecule is CC(CO)c1cnc(-c2ccccn2)o1. The van der Waals surface area contributed by atoms with Gasteiger partial charge in [-0.25, -0.2) is 4.98 Å². The van der Waals surface area contributed by atoms with E-state index >= 15 is 0 Å². The molecule has 0 bridgehead atoms. The lowest BCUT2D eigenvalue weighted by Gasteiger charge is -2.00. The van der Waals surface area contributed by atoms with E-state index in [4.69, 9.17) is 9.52 Å². The molecule has 0 spiro atoms. The van der Waals surface area contributed by atoms with Gasteiger partial charge < -0.3 is 9.52 Å². The number of aliphatic hydroxyl groups is 1. The summed E-state index contributed by atoms with van der Waals surface area (Å²) >= 11 is 0. The van der Waals surface area contributed by atoms with Crippen LogP contribution in [0.3, 0.4) is 0 Å². The Morgan fingerprint density at radius 3 is 2.93 bits per heavy atom. The summed E-state index contributed by atoms with van der Waals surface area (Å²) in [7, 11) is 0. The fourth-order valence-corrected chi connectivity index (χ4v) is 1.21. The zero-order chi connectivity index (χ0) is 10.7. The highest BCUT2D eigenvalue weighted by Gasteiger charge is 2.12. The molecule has 2 heterocycles. The summed E-state index contributed by atoms with van der Waals surface area (Å²) in [5.74, 6) is 1.14. The predicted octanol–water partition coefficient (Wildman–Crippen LogP) is 1.83. The van der Waals surface area contributed by atoms with Crippen LogP contribution in [-0.4, -0.2) is 21.7 Å². The molecule has 0 radical (unpaired) electrons. The first-order chi connectivity index (χ1) is 7.31. The summed E-state index contributed by atoms with van der Waals surface area (Å²) in [6.07, 6.45) is 3.32. The van der Waals surface area contributed by atoms with Crippen LogP contribution in [0.5, 0.6) is 0 Å². The van der Waals surface area contributed by atoms with E-state index in [1.54, 1.807) is 12.4 Å². The molecule has 4 heteroatoms. The van der Waals surface area contributed by atoms with Crippen molar-refractivity contribution in [1.82, 2.24) is 9.97 Å². The fourth-order valence-electron chi connectivity index (χ4n) is 1.21. The third kappa shape index (κ3) is 2.05. The van der Waals surface area contributed by atoms with E-state index in [9.17, 15) is 0 Å². The first kappa shape index (κ1) is 9.86. The van der Waals surface area contributed by atoms with E-state index in [0.29, 0.717) is 17.3 Å². The molecule has 0 saturated heterocycles. The lowest BCUT2D eigenvalue weighted by atomic mass is 10.1. The van der Waals surface area contributed by atoms with Crippen molar-refractivity contribution in [3.8, 4) is 11.6 Å². The van der Waals surface area contributed by atoms with Crippen LogP contribution in [0.25, 0.3) is 11.6 Å². The van der Waals surface area contributed by atoms with Gasteiger partial charge >= 0.3 is 0 Å². The highest BCUT2D eigenvalue weighted by atomic mass is 16.4. The Morgan fingerprint density at radius 2 is 2.27 bits per heavy atom. The van der Waals surface area contributed by atoms with Crippen LogP contribution in [0.15, 0.2) is 35.0 Å². The molecule has 0 aliphatic rings. The number of rotatable bonds is 3. The van der Waals surface area contributed by atoms with E-state index in [1.807, 2.05) is 25.1 Å². The molecule has 0 aliphatic carbocycles. The molecular weight excluding hydrogens is 192 g/mol. The maximum atomic E-state index is 8.96. The minimum Gasteiger partial charge on any atom is -0.440 e. The van der Waals surface area contributed by atoms with Gasteiger partial charge in [0.2, 0.25) is 5.89 Å². The summed E-state index contributed by atoms with van der Waals surface area (Å²) in [6.45, 7) is 1.93. The molecule has 4 nitrogen and oxygen atoms in total. The summed E-state index contributed by atoms with van der Waals surface area (Å²) in [6, 6.07) is 5.55. The van der Waals surface area contributed by atoms with Gasteiger partial charge in [-0.3, -0.25) is 4.98 Å². The van der Waals surface area contributed by atoms with Crippen LogP contribution in [0.4, 0.5) is 0 Å². The second-order valence-corrected chi connectivity index (χ2v) is 3.37. The smallest absolute Gasteiger partial charge is 0.245 e.